The molecule has 0 aliphatic carbocycles. The van der Waals surface area contributed by atoms with E-state index < -0.39 is 0 Å². The third-order valence-electron chi connectivity index (χ3n) is 3.38. The number of phenols is 1. The third kappa shape index (κ3) is 2.99. The van der Waals surface area contributed by atoms with Gasteiger partial charge in [0.25, 0.3) is 0 Å². The van der Waals surface area contributed by atoms with E-state index in [4.69, 9.17) is 11.6 Å². The first-order valence-electron chi connectivity index (χ1n) is 6.53. The van der Waals surface area contributed by atoms with Crippen molar-refractivity contribution in [2.75, 3.05) is 5.32 Å². The summed E-state index contributed by atoms with van der Waals surface area (Å²) in [5.74, 6) is 0.292. The molecule has 3 rings (SSSR count). The van der Waals surface area contributed by atoms with E-state index in [-0.39, 0.29) is 0 Å². The molecule has 0 bridgehead atoms. The van der Waals surface area contributed by atoms with Crippen molar-refractivity contribution in [2.24, 2.45) is 0 Å². The summed E-state index contributed by atoms with van der Waals surface area (Å²) in [7, 11) is 0. The number of benzene rings is 3. The van der Waals surface area contributed by atoms with Crippen LogP contribution < -0.4 is 5.32 Å². The van der Waals surface area contributed by atoms with Crippen LogP contribution in [0.3, 0.4) is 0 Å². The zero-order chi connectivity index (χ0) is 14.8. The highest BCUT2D eigenvalue weighted by atomic mass is 79.9. The van der Waals surface area contributed by atoms with Gasteiger partial charge in [0.2, 0.25) is 0 Å². The van der Waals surface area contributed by atoms with Crippen molar-refractivity contribution in [1.82, 2.24) is 0 Å². The Balaban J connectivity index is 1.92. The molecule has 0 heterocycles. The van der Waals surface area contributed by atoms with E-state index >= 15 is 0 Å². The molecule has 0 radical (unpaired) electrons. The number of rotatable bonds is 3. The summed E-state index contributed by atoms with van der Waals surface area (Å²) in [6.45, 7) is 0.649. The Morgan fingerprint density at radius 1 is 1.00 bits per heavy atom. The van der Waals surface area contributed by atoms with Gasteiger partial charge in [-0.25, -0.2) is 0 Å². The van der Waals surface area contributed by atoms with E-state index in [0.717, 1.165) is 26.5 Å². The minimum Gasteiger partial charge on any atom is -0.507 e. The Bertz CT molecular complexity index is 804. The summed E-state index contributed by atoms with van der Waals surface area (Å²) < 4.78 is 1.02. The number of nitrogens with one attached hydrogen (secondary N) is 1. The van der Waals surface area contributed by atoms with Crippen LogP contribution in [-0.2, 0) is 6.54 Å². The highest BCUT2D eigenvalue weighted by Crippen LogP contribution is 2.30. The molecule has 0 spiro atoms. The lowest BCUT2D eigenvalue weighted by Gasteiger charge is -2.12. The molecule has 3 aromatic carbocycles. The number of aromatic hydroxyl groups is 1. The van der Waals surface area contributed by atoms with Gasteiger partial charge < -0.3 is 10.4 Å². The molecule has 0 amide bonds. The van der Waals surface area contributed by atoms with Gasteiger partial charge in [0.05, 0.1) is 0 Å². The molecule has 4 heteroatoms. The maximum Gasteiger partial charge on any atom is 0.123 e. The van der Waals surface area contributed by atoms with Gasteiger partial charge in [0.1, 0.15) is 5.75 Å². The van der Waals surface area contributed by atoms with Crippen molar-refractivity contribution in [3.05, 3.63) is 69.7 Å². The van der Waals surface area contributed by atoms with Gasteiger partial charge >= 0.3 is 0 Å². The quantitative estimate of drug-likeness (QED) is 0.638. The van der Waals surface area contributed by atoms with E-state index in [9.17, 15) is 5.11 Å². The van der Waals surface area contributed by atoms with Crippen LogP contribution in [0.1, 0.15) is 5.56 Å². The van der Waals surface area contributed by atoms with Crippen LogP contribution in [0.15, 0.2) is 59.1 Å². The van der Waals surface area contributed by atoms with Crippen LogP contribution in [0.4, 0.5) is 5.69 Å². The summed E-state index contributed by atoms with van der Waals surface area (Å²) in [4.78, 5) is 0. The van der Waals surface area contributed by atoms with E-state index in [2.05, 4.69) is 21.2 Å². The van der Waals surface area contributed by atoms with Crippen molar-refractivity contribution in [2.45, 2.75) is 6.54 Å². The molecule has 0 atom stereocenters. The maximum absolute atomic E-state index is 9.91. The normalized spacial score (nSPS) is 10.8. The molecule has 21 heavy (non-hydrogen) atoms. The van der Waals surface area contributed by atoms with Gasteiger partial charge in [-0.3, -0.25) is 0 Å². The Morgan fingerprint density at radius 3 is 2.62 bits per heavy atom. The van der Waals surface area contributed by atoms with Crippen LogP contribution >= 0.6 is 27.5 Å². The van der Waals surface area contributed by atoms with Gasteiger partial charge in [-0.05, 0) is 35.9 Å². The molecule has 0 fully saturated rings. The Labute approximate surface area is 136 Å². The van der Waals surface area contributed by atoms with E-state index in [1.54, 1.807) is 6.07 Å². The van der Waals surface area contributed by atoms with Crippen LogP contribution in [0.25, 0.3) is 10.8 Å². The average molecular weight is 363 g/mol. The number of phenolic OH excluding ortho intramolecular Hbond substituents is 1. The lowest BCUT2D eigenvalue weighted by molar-refractivity contribution is 0.481. The number of hydrogen-bond acceptors (Lipinski definition) is 2. The second-order valence-corrected chi connectivity index (χ2v) is 6.06. The van der Waals surface area contributed by atoms with Crippen molar-refractivity contribution < 1.29 is 5.11 Å². The third-order valence-corrected chi connectivity index (χ3v) is 4.38. The van der Waals surface area contributed by atoms with Crippen LogP contribution in [0.2, 0.25) is 5.02 Å². The molecule has 2 N–H and O–H groups in total. The first-order valence-corrected chi connectivity index (χ1v) is 7.71. The van der Waals surface area contributed by atoms with Crippen molar-refractivity contribution in [3.8, 4) is 5.75 Å². The molecule has 106 valence electrons. The lowest BCUT2D eigenvalue weighted by atomic mass is 10.1. The molecule has 0 saturated carbocycles. The maximum atomic E-state index is 9.91. The number of halogens is 2. The minimum absolute atomic E-state index is 0.292. The summed E-state index contributed by atoms with van der Waals surface area (Å²) in [6.07, 6.45) is 0. The molecule has 2 nitrogen and oxygen atoms in total. The fourth-order valence-electron chi connectivity index (χ4n) is 2.32. The largest absolute Gasteiger partial charge is 0.507 e. The summed E-state index contributed by atoms with van der Waals surface area (Å²) in [5, 5.41) is 15.9. The number of fused-ring (bicyclic) bond motifs is 1. The van der Waals surface area contributed by atoms with Crippen molar-refractivity contribution in [3.63, 3.8) is 0 Å². The summed E-state index contributed by atoms with van der Waals surface area (Å²) in [6, 6.07) is 17.1. The number of anilines is 1. The summed E-state index contributed by atoms with van der Waals surface area (Å²) >= 11 is 9.56. The van der Waals surface area contributed by atoms with E-state index in [1.165, 1.54) is 0 Å². The van der Waals surface area contributed by atoms with Crippen molar-refractivity contribution in [1.29, 1.82) is 0 Å². The van der Waals surface area contributed by atoms with Gasteiger partial charge in [-0.2, -0.15) is 0 Å². The predicted molar refractivity (Wildman–Crippen MR) is 92.1 cm³/mol. The Morgan fingerprint density at radius 2 is 1.76 bits per heavy atom. The topological polar surface area (TPSA) is 32.3 Å². The zero-order valence-corrected chi connectivity index (χ0v) is 13.4. The molecular weight excluding hydrogens is 350 g/mol. The van der Waals surface area contributed by atoms with Crippen LogP contribution in [-0.4, -0.2) is 5.11 Å². The smallest absolute Gasteiger partial charge is 0.123 e. The second kappa shape index (κ2) is 5.96. The first-order chi connectivity index (χ1) is 10.1. The van der Waals surface area contributed by atoms with Crippen LogP contribution in [0, 0.1) is 0 Å². The van der Waals surface area contributed by atoms with E-state index in [0.29, 0.717) is 17.3 Å². The fourth-order valence-corrected chi connectivity index (χ4v) is 2.90. The average Bonchev–Trinajstić information content (AvgIpc) is 2.49. The summed E-state index contributed by atoms with van der Waals surface area (Å²) in [5.41, 5.74) is 2.06. The molecule has 0 aromatic heterocycles. The molecule has 3 aromatic rings. The Kier molecular flexibility index (Phi) is 4.04. The molecule has 0 aliphatic heterocycles. The second-order valence-electron chi connectivity index (χ2n) is 4.77. The standard InChI is InChI=1S/C17H13BrClNO/c18-15-8-7-12(19)9-11(15)10-20-16-5-1-4-14-13(16)3-2-6-17(14)21/h1-9,20-21H,10H2. The van der Waals surface area contributed by atoms with Gasteiger partial charge in [0.15, 0.2) is 0 Å². The van der Waals surface area contributed by atoms with Gasteiger partial charge in [0, 0.05) is 32.5 Å². The molecule has 0 unspecified atom stereocenters. The van der Waals surface area contributed by atoms with Crippen molar-refractivity contribution >= 4 is 44.0 Å². The zero-order valence-electron chi connectivity index (χ0n) is 11.1. The minimum atomic E-state index is 0.292. The van der Waals surface area contributed by atoms with Gasteiger partial charge in [-0.15, -0.1) is 0 Å². The van der Waals surface area contributed by atoms with E-state index in [1.807, 2.05) is 48.5 Å². The highest BCUT2D eigenvalue weighted by molar-refractivity contribution is 9.10. The highest BCUT2D eigenvalue weighted by Gasteiger charge is 2.05. The first kappa shape index (κ1) is 14.2. The molecule has 0 saturated heterocycles. The molecule has 0 aliphatic rings. The predicted octanol–water partition coefficient (Wildman–Crippen LogP) is 5.57. The number of hydrogen-bond donors (Lipinski definition) is 2. The fraction of sp³-hybridized carbons (Fsp3) is 0.0588. The Hall–Kier alpha value is -1.71. The lowest BCUT2D eigenvalue weighted by Crippen LogP contribution is -2.00. The SMILES string of the molecule is Oc1cccc2c(NCc3cc(Cl)ccc3Br)cccc12. The monoisotopic (exact) mass is 361 g/mol. The van der Waals surface area contributed by atoms with Crippen LogP contribution in [0.5, 0.6) is 5.75 Å². The van der Waals surface area contributed by atoms with Gasteiger partial charge in [-0.1, -0.05) is 51.8 Å². The molecular formula is C17H13BrClNO.